The quantitative estimate of drug-likeness (QED) is 0.829. The smallest absolute Gasteiger partial charge is 0.254 e. The van der Waals surface area contributed by atoms with Crippen molar-refractivity contribution in [3.8, 4) is 17.2 Å². The molecule has 0 saturated carbocycles. The average molecular weight is 349 g/mol. The summed E-state index contributed by atoms with van der Waals surface area (Å²) in [5, 5.41) is 0. The number of nitrogens with zero attached hydrogens (tertiary/aromatic N) is 1. The third kappa shape index (κ3) is 3.14. The molecule has 1 aromatic carbocycles. The molecule has 1 atom stereocenters. The standard InChI is InChI=1S/C18H23NO6/c1-21-14-10-12(11-15-16(14)23-7-6-22-15)17(20)19-5-3-2-4-13(19)18-24-8-9-25-18/h10-11,13,18H,2-9H2,1H3. The Hall–Kier alpha value is -1.99. The van der Waals surface area contributed by atoms with E-state index in [-0.39, 0.29) is 18.2 Å². The summed E-state index contributed by atoms with van der Waals surface area (Å²) in [6.07, 6.45) is 2.61. The van der Waals surface area contributed by atoms with Gasteiger partial charge >= 0.3 is 0 Å². The first kappa shape index (κ1) is 16.5. The Morgan fingerprint density at radius 3 is 2.72 bits per heavy atom. The lowest BCUT2D eigenvalue weighted by atomic mass is 10.00. The normalized spacial score (nSPS) is 23.6. The number of hydrogen-bond acceptors (Lipinski definition) is 6. The van der Waals surface area contributed by atoms with E-state index in [0.717, 1.165) is 19.3 Å². The number of rotatable bonds is 3. The van der Waals surface area contributed by atoms with E-state index < -0.39 is 0 Å². The van der Waals surface area contributed by atoms with E-state index in [1.54, 1.807) is 19.2 Å². The summed E-state index contributed by atoms with van der Waals surface area (Å²) in [5.74, 6) is 1.57. The summed E-state index contributed by atoms with van der Waals surface area (Å²) in [6.45, 7) is 2.80. The largest absolute Gasteiger partial charge is 0.493 e. The summed E-state index contributed by atoms with van der Waals surface area (Å²) in [6, 6.07) is 3.40. The summed E-state index contributed by atoms with van der Waals surface area (Å²) in [5.41, 5.74) is 0.533. The zero-order valence-electron chi connectivity index (χ0n) is 14.4. The van der Waals surface area contributed by atoms with Crippen LogP contribution in [0.5, 0.6) is 17.2 Å². The summed E-state index contributed by atoms with van der Waals surface area (Å²) >= 11 is 0. The van der Waals surface area contributed by atoms with Crippen molar-refractivity contribution < 1.29 is 28.5 Å². The van der Waals surface area contributed by atoms with Gasteiger partial charge in [0.2, 0.25) is 5.75 Å². The predicted molar refractivity (Wildman–Crippen MR) is 88.4 cm³/mol. The number of fused-ring (bicyclic) bond motifs is 1. The number of piperidine rings is 1. The van der Waals surface area contributed by atoms with Gasteiger partial charge in [0.15, 0.2) is 17.8 Å². The van der Waals surface area contributed by atoms with Gasteiger partial charge in [-0.15, -0.1) is 0 Å². The van der Waals surface area contributed by atoms with E-state index in [2.05, 4.69) is 0 Å². The van der Waals surface area contributed by atoms with Crippen LogP contribution in [0.4, 0.5) is 0 Å². The average Bonchev–Trinajstić information content (AvgIpc) is 3.21. The maximum Gasteiger partial charge on any atom is 0.254 e. The molecule has 2 saturated heterocycles. The fraction of sp³-hybridized carbons (Fsp3) is 0.611. The molecule has 7 heteroatoms. The molecule has 0 spiro atoms. The van der Waals surface area contributed by atoms with Gasteiger partial charge in [0.05, 0.1) is 26.4 Å². The van der Waals surface area contributed by atoms with Gasteiger partial charge in [-0.2, -0.15) is 0 Å². The topological polar surface area (TPSA) is 66.5 Å². The van der Waals surface area contributed by atoms with Crippen LogP contribution in [0.25, 0.3) is 0 Å². The molecule has 0 N–H and O–H groups in total. The number of carbonyl (C=O) groups is 1. The van der Waals surface area contributed by atoms with Crippen LogP contribution in [0, 0.1) is 0 Å². The molecule has 1 amide bonds. The minimum absolute atomic E-state index is 0.0528. The highest BCUT2D eigenvalue weighted by Crippen LogP contribution is 2.41. The second-order valence-corrected chi connectivity index (χ2v) is 6.37. The second kappa shape index (κ2) is 7.09. The lowest BCUT2D eigenvalue weighted by Crippen LogP contribution is -2.50. The number of amides is 1. The molecular weight excluding hydrogens is 326 g/mol. The molecule has 0 aromatic heterocycles. The third-order valence-corrected chi connectivity index (χ3v) is 4.85. The van der Waals surface area contributed by atoms with Crippen molar-refractivity contribution in [3.63, 3.8) is 0 Å². The molecule has 1 unspecified atom stereocenters. The van der Waals surface area contributed by atoms with Crippen LogP contribution >= 0.6 is 0 Å². The highest BCUT2D eigenvalue weighted by Gasteiger charge is 2.37. The molecule has 0 radical (unpaired) electrons. The number of hydrogen-bond donors (Lipinski definition) is 0. The van der Waals surface area contributed by atoms with Crippen LogP contribution in [0.1, 0.15) is 29.6 Å². The first-order valence-electron chi connectivity index (χ1n) is 8.80. The van der Waals surface area contributed by atoms with Crippen molar-refractivity contribution in [1.29, 1.82) is 0 Å². The van der Waals surface area contributed by atoms with Gasteiger partial charge in [0.25, 0.3) is 5.91 Å². The monoisotopic (exact) mass is 349 g/mol. The number of benzene rings is 1. The molecule has 136 valence electrons. The van der Waals surface area contributed by atoms with Crippen LogP contribution in [0.15, 0.2) is 12.1 Å². The minimum atomic E-state index is -0.330. The summed E-state index contributed by atoms with van der Waals surface area (Å²) in [4.78, 5) is 15.0. The summed E-state index contributed by atoms with van der Waals surface area (Å²) in [7, 11) is 1.56. The van der Waals surface area contributed by atoms with Crippen LogP contribution in [0.2, 0.25) is 0 Å². The maximum atomic E-state index is 13.2. The van der Waals surface area contributed by atoms with Gasteiger partial charge in [0, 0.05) is 12.1 Å². The number of ether oxygens (including phenoxy) is 5. The molecular formula is C18H23NO6. The lowest BCUT2D eigenvalue weighted by Gasteiger charge is -2.38. The van der Waals surface area contributed by atoms with Crippen molar-refractivity contribution in [2.24, 2.45) is 0 Å². The molecule has 7 nitrogen and oxygen atoms in total. The van der Waals surface area contributed by atoms with E-state index in [4.69, 9.17) is 23.7 Å². The van der Waals surface area contributed by atoms with Gasteiger partial charge in [-0.3, -0.25) is 4.79 Å². The van der Waals surface area contributed by atoms with Gasteiger partial charge in [0.1, 0.15) is 13.2 Å². The first-order chi connectivity index (χ1) is 12.3. The van der Waals surface area contributed by atoms with Crippen LogP contribution in [-0.2, 0) is 9.47 Å². The zero-order valence-corrected chi connectivity index (χ0v) is 14.4. The van der Waals surface area contributed by atoms with Crippen molar-refractivity contribution in [2.75, 3.05) is 40.1 Å². The summed E-state index contributed by atoms with van der Waals surface area (Å²) < 4.78 is 28.0. The third-order valence-electron chi connectivity index (χ3n) is 4.85. The molecule has 4 rings (SSSR count). The van der Waals surface area contributed by atoms with Gasteiger partial charge in [-0.25, -0.2) is 0 Å². The molecule has 0 aliphatic carbocycles. The van der Waals surface area contributed by atoms with E-state index in [9.17, 15) is 4.79 Å². The first-order valence-corrected chi connectivity index (χ1v) is 8.80. The van der Waals surface area contributed by atoms with E-state index >= 15 is 0 Å². The second-order valence-electron chi connectivity index (χ2n) is 6.37. The van der Waals surface area contributed by atoms with Crippen molar-refractivity contribution >= 4 is 5.91 Å². The Morgan fingerprint density at radius 2 is 1.92 bits per heavy atom. The molecule has 0 bridgehead atoms. The van der Waals surface area contributed by atoms with Crippen molar-refractivity contribution in [1.82, 2.24) is 4.90 Å². The van der Waals surface area contributed by atoms with Crippen LogP contribution < -0.4 is 14.2 Å². The highest BCUT2D eigenvalue weighted by molar-refractivity contribution is 5.96. The Morgan fingerprint density at radius 1 is 1.12 bits per heavy atom. The number of carbonyl (C=O) groups excluding carboxylic acids is 1. The van der Waals surface area contributed by atoms with Crippen molar-refractivity contribution in [2.45, 2.75) is 31.6 Å². The van der Waals surface area contributed by atoms with Gasteiger partial charge < -0.3 is 28.6 Å². The maximum absolute atomic E-state index is 13.2. The SMILES string of the molecule is COc1cc(C(=O)N2CCCCC2C2OCCO2)cc2c1OCCO2. The van der Waals surface area contributed by atoms with Crippen molar-refractivity contribution in [3.05, 3.63) is 17.7 Å². The molecule has 25 heavy (non-hydrogen) atoms. The van der Waals surface area contributed by atoms with E-state index in [0.29, 0.717) is 55.8 Å². The molecule has 3 heterocycles. The van der Waals surface area contributed by atoms with E-state index in [1.807, 2.05) is 4.90 Å². The highest BCUT2D eigenvalue weighted by atomic mass is 16.7. The lowest BCUT2D eigenvalue weighted by molar-refractivity contribution is -0.100. The Balaban J connectivity index is 1.62. The number of methoxy groups -OCH3 is 1. The number of likely N-dealkylation sites (tertiary alicyclic amines) is 1. The fourth-order valence-corrected chi connectivity index (χ4v) is 3.65. The molecule has 2 fully saturated rings. The molecule has 3 aliphatic heterocycles. The molecule has 1 aromatic rings. The Labute approximate surface area is 146 Å². The zero-order chi connectivity index (χ0) is 17.2. The van der Waals surface area contributed by atoms with Crippen LogP contribution in [-0.4, -0.2) is 63.2 Å². The predicted octanol–water partition coefficient (Wildman–Crippen LogP) is 1.83. The Kier molecular flexibility index (Phi) is 4.67. The fourth-order valence-electron chi connectivity index (χ4n) is 3.65. The van der Waals surface area contributed by atoms with Gasteiger partial charge in [-0.1, -0.05) is 0 Å². The van der Waals surface area contributed by atoms with Crippen LogP contribution in [0.3, 0.4) is 0 Å². The van der Waals surface area contributed by atoms with E-state index in [1.165, 1.54) is 0 Å². The molecule has 3 aliphatic rings. The van der Waals surface area contributed by atoms with Gasteiger partial charge in [-0.05, 0) is 31.4 Å². The Bertz CT molecular complexity index is 625. The minimum Gasteiger partial charge on any atom is -0.493 e.